The SMILES string of the molecule is CN(Cc1ccsc1)c1ncc(Br)cc1F. The van der Waals surface area contributed by atoms with Gasteiger partial charge in [-0.05, 0) is 44.4 Å². The van der Waals surface area contributed by atoms with E-state index < -0.39 is 0 Å². The maximum absolute atomic E-state index is 13.6. The first kappa shape index (κ1) is 11.5. The molecule has 2 heterocycles. The van der Waals surface area contributed by atoms with Crippen molar-refractivity contribution < 1.29 is 4.39 Å². The monoisotopic (exact) mass is 300 g/mol. The van der Waals surface area contributed by atoms with Crippen LogP contribution in [0.2, 0.25) is 0 Å². The Balaban J connectivity index is 2.17. The van der Waals surface area contributed by atoms with Gasteiger partial charge in [0.15, 0.2) is 11.6 Å². The molecular weight excluding hydrogens is 291 g/mol. The summed E-state index contributed by atoms with van der Waals surface area (Å²) in [6.07, 6.45) is 1.60. The van der Waals surface area contributed by atoms with E-state index in [0.717, 1.165) is 5.56 Å². The smallest absolute Gasteiger partial charge is 0.166 e. The Labute approximate surface area is 106 Å². The van der Waals surface area contributed by atoms with Gasteiger partial charge < -0.3 is 4.90 Å². The van der Waals surface area contributed by atoms with E-state index >= 15 is 0 Å². The van der Waals surface area contributed by atoms with Crippen molar-refractivity contribution in [2.75, 3.05) is 11.9 Å². The van der Waals surface area contributed by atoms with E-state index in [4.69, 9.17) is 0 Å². The normalized spacial score (nSPS) is 10.4. The second-order valence-corrected chi connectivity index (χ2v) is 5.14. The molecule has 0 aliphatic rings. The highest BCUT2D eigenvalue weighted by atomic mass is 79.9. The van der Waals surface area contributed by atoms with Crippen molar-refractivity contribution >= 4 is 33.1 Å². The first-order valence-electron chi connectivity index (χ1n) is 4.70. The summed E-state index contributed by atoms with van der Waals surface area (Å²) < 4.78 is 14.2. The highest BCUT2D eigenvalue weighted by molar-refractivity contribution is 9.10. The number of anilines is 1. The van der Waals surface area contributed by atoms with Crippen LogP contribution in [0.1, 0.15) is 5.56 Å². The van der Waals surface area contributed by atoms with E-state index in [1.807, 2.05) is 23.9 Å². The summed E-state index contributed by atoms with van der Waals surface area (Å²) in [7, 11) is 1.83. The minimum Gasteiger partial charge on any atom is -0.353 e. The van der Waals surface area contributed by atoms with Gasteiger partial charge >= 0.3 is 0 Å². The van der Waals surface area contributed by atoms with Gasteiger partial charge in [-0.3, -0.25) is 0 Å². The Morgan fingerprint density at radius 2 is 2.38 bits per heavy atom. The largest absolute Gasteiger partial charge is 0.353 e. The molecule has 0 N–H and O–H groups in total. The van der Waals surface area contributed by atoms with Crippen LogP contribution in [0.15, 0.2) is 33.6 Å². The zero-order valence-electron chi connectivity index (χ0n) is 8.65. The highest BCUT2D eigenvalue weighted by Gasteiger charge is 2.10. The molecule has 5 heteroatoms. The Hall–Kier alpha value is -0.940. The molecule has 84 valence electrons. The molecule has 0 amide bonds. The molecule has 2 aromatic rings. The summed E-state index contributed by atoms with van der Waals surface area (Å²) in [6.45, 7) is 0.662. The third-order valence-electron chi connectivity index (χ3n) is 2.15. The third-order valence-corrected chi connectivity index (χ3v) is 3.32. The minimum absolute atomic E-state index is 0.313. The van der Waals surface area contributed by atoms with Crippen LogP contribution in [0.5, 0.6) is 0 Å². The fourth-order valence-electron chi connectivity index (χ4n) is 1.42. The second-order valence-electron chi connectivity index (χ2n) is 3.45. The average Bonchev–Trinajstić information content (AvgIpc) is 2.70. The lowest BCUT2D eigenvalue weighted by Gasteiger charge is -2.17. The number of thiophene rings is 1. The van der Waals surface area contributed by atoms with Gasteiger partial charge in [0.2, 0.25) is 0 Å². The molecule has 2 nitrogen and oxygen atoms in total. The molecule has 0 fully saturated rings. The van der Waals surface area contributed by atoms with Crippen LogP contribution in [0.25, 0.3) is 0 Å². The van der Waals surface area contributed by atoms with Crippen molar-refractivity contribution in [1.82, 2.24) is 4.98 Å². The number of aromatic nitrogens is 1. The fraction of sp³-hybridized carbons (Fsp3) is 0.182. The first-order chi connectivity index (χ1) is 7.66. The van der Waals surface area contributed by atoms with Crippen molar-refractivity contribution in [3.63, 3.8) is 0 Å². The van der Waals surface area contributed by atoms with Crippen LogP contribution < -0.4 is 4.90 Å². The summed E-state index contributed by atoms with van der Waals surface area (Å²) in [5, 5.41) is 4.06. The van der Waals surface area contributed by atoms with Crippen molar-refractivity contribution in [3.8, 4) is 0 Å². The lowest BCUT2D eigenvalue weighted by Crippen LogP contribution is -2.18. The topological polar surface area (TPSA) is 16.1 Å². The number of nitrogens with zero attached hydrogens (tertiary/aromatic N) is 2. The molecule has 0 spiro atoms. The maximum atomic E-state index is 13.6. The Bertz CT molecular complexity index is 473. The van der Waals surface area contributed by atoms with Gasteiger partial charge in [-0.1, -0.05) is 0 Å². The second kappa shape index (κ2) is 4.93. The predicted octanol–water partition coefficient (Wildman–Crippen LogP) is 3.68. The maximum Gasteiger partial charge on any atom is 0.166 e. The molecule has 16 heavy (non-hydrogen) atoms. The summed E-state index contributed by atoms with van der Waals surface area (Å²) in [6, 6.07) is 3.45. The van der Waals surface area contributed by atoms with Crippen LogP contribution >= 0.6 is 27.3 Å². The van der Waals surface area contributed by atoms with Gasteiger partial charge in [0.1, 0.15) is 0 Å². The zero-order valence-corrected chi connectivity index (χ0v) is 11.1. The van der Waals surface area contributed by atoms with E-state index in [1.54, 1.807) is 22.4 Å². The molecule has 0 aromatic carbocycles. The van der Waals surface area contributed by atoms with Gasteiger partial charge in [-0.15, -0.1) is 0 Å². The Morgan fingerprint density at radius 1 is 1.56 bits per heavy atom. The molecule has 2 rings (SSSR count). The van der Waals surface area contributed by atoms with Crippen molar-refractivity contribution in [2.45, 2.75) is 6.54 Å². The molecule has 0 aliphatic carbocycles. The molecule has 2 aromatic heterocycles. The Kier molecular flexibility index (Phi) is 3.56. The van der Waals surface area contributed by atoms with Crippen LogP contribution in [-0.4, -0.2) is 12.0 Å². The van der Waals surface area contributed by atoms with Gasteiger partial charge in [-0.25, -0.2) is 9.37 Å². The van der Waals surface area contributed by atoms with E-state index in [0.29, 0.717) is 16.8 Å². The van der Waals surface area contributed by atoms with Gasteiger partial charge in [0.25, 0.3) is 0 Å². The van der Waals surface area contributed by atoms with E-state index in [9.17, 15) is 4.39 Å². The van der Waals surface area contributed by atoms with E-state index in [1.165, 1.54) is 6.07 Å². The predicted molar refractivity (Wildman–Crippen MR) is 68.3 cm³/mol. The van der Waals surface area contributed by atoms with Crippen molar-refractivity contribution in [1.29, 1.82) is 0 Å². The van der Waals surface area contributed by atoms with E-state index in [-0.39, 0.29) is 5.82 Å². The molecule has 0 atom stereocenters. The fourth-order valence-corrected chi connectivity index (χ4v) is 2.38. The summed E-state index contributed by atoms with van der Waals surface area (Å²) in [4.78, 5) is 5.86. The van der Waals surface area contributed by atoms with Gasteiger partial charge in [0.05, 0.1) is 0 Å². The van der Waals surface area contributed by atoms with E-state index in [2.05, 4.69) is 20.9 Å². The van der Waals surface area contributed by atoms with Gasteiger partial charge in [-0.2, -0.15) is 11.3 Å². The third kappa shape index (κ3) is 2.59. The zero-order chi connectivity index (χ0) is 11.5. The molecule has 0 aliphatic heterocycles. The Morgan fingerprint density at radius 3 is 3.00 bits per heavy atom. The van der Waals surface area contributed by atoms with Crippen LogP contribution in [0, 0.1) is 5.82 Å². The van der Waals surface area contributed by atoms with Crippen molar-refractivity contribution in [2.24, 2.45) is 0 Å². The van der Waals surface area contributed by atoms with Gasteiger partial charge in [0, 0.05) is 24.3 Å². The highest BCUT2D eigenvalue weighted by Crippen LogP contribution is 2.20. The molecule has 0 unspecified atom stereocenters. The number of hydrogen-bond acceptors (Lipinski definition) is 3. The van der Waals surface area contributed by atoms with Crippen LogP contribution in [0.4, 0.5) is 10.2 Å². The number of hydrogen-bond donors (Lipinski definition) is 0. The molecule has 0 saturated carbocycles. The lowest BCUT2D eigenvalue weighted by molar-refractivity contribution is 0.614. The molecule has 0 radical (unpaired) electrons. The van der Waals surface area contributed by atoms with Crippen molar-refractivity contribution in [3.05, 3.63) is 44.9 Å². The summed E-state index contributed by atoms with van der Waals surface area (Å²) in [5.41, 5.74) is 1.16. The quantitative estimate of drug-likeness (QED) is 0.859. The molecular formula is C11H10BrFN2S. The number of pyridine rings is 1. The first-order valence-corrected chi connectivity index (χ1v) is 6.43. The minimum atomic E-state index is -0.313. The standard InChI is InChI=1S/C11H10BrFN2S/c1-15(6-8-2-3-16-7-8)11-10(13)4-9(12)5-14-11/h2-5,7H,6H2,1H3. The molecule has 0 bridgehead atoms. The molecule has 0 saturated heterocycles. The van der Waals surface area contributed by atoms with Crippen LogP contribution in [-0.2, 0) is 6.54 Å². The number of halogens is 2. The lowest BCUT2D eigenvalue weighted by atomic mass is 10.3. The average molecular weight is 301 g/mol. The van der Waals surface area contributed by atoms with Crippen LogP contribution in [0.3, 0.4) is 0 Å². The summed E-state index contributed by atoms with van der Waals surface area (Å²) >= 11 is 4.82. The summed E-state index contributed by atoms with van der Waals surface area (Å²) in [5.74, 6) is 0.0569. The number of rotatable bonds is 3.